The molecule has 2 unspecified atom stereocenters. The van der Waals surface area contributed by atoms with Crippen LogP contribution in [0.5, 0.6) is 0 Å². The molecule has 0 saturated carbocycles. The van der Waals surface area contributed by atoms with E-state index in [9.17, 15) is 0 Å². The molecule has 1 N–H and O–H groups in total. The highest BCUT2D eigenvalue weighted by atomic mass is 15.2. The smallest absolute Gasteiger partial charge is 0.0226 e. The van der Waals surface area contributed by atoms with Gasteiger partial charge >= 0.3 is 0 Å². The summed E-state index contributed by atoms with van der Waals surface area (Å²) in [4.78, 5) is 5.01. The van der Waals surface area contributed by atoms with Gasteiger partial charge in [0.15, 0.2) is 0 Å². The van der Waals surface area contributed by atoms with E-state index in [1.807, 2.05) is 0 Å². The van der Waals surface area contributed by atoms with Gasteiger partial charge in [0.05, 0.1) is 0 Å². The Kier molecular flexibility index (Phi) is 6.09. The Balaban J connectivity index is 2.42. The van der Waals surface area contributed by atoms with Crippen molar-refractivity contribution in [1.82, 2.24) is 15.1 Å². The van der Waals surface area contributed by atoms with E-state index >= 15 is 0 Å². The highest BCUT2D eigenvalue weighted by molar-refractivity contribution is 4.87. The van der Waals surface area contributed by atoms with Crippen molar-refractivity contribution < 1.29 is 0 Å². The highest BCUT2D eigenvalue weighted by Gasteiger charge is 2.29. The molecule has 1 saturated heterocycles. The van der Waals surface area contributed by atoms with E-state index in [4.69, 9.17) is 0 Å². The van der Waals surface area contributed by atoms with Crippen LogP contribution in [-0.4, -0.2) is 61.2 Å². The molecule has 0 aromatic carbocycles. The lowest BCUT2D eigenvalue weighted by Gasteiger charge is -2.35. The van der Waals surface area contributed by atoms with Gasteiger partial charge in [0, 0.05) is 30.7 Å². The van der Waals surface area contributed by atoms with Crippen molar-refractivity contribution in [3.63, 3.8) is 0 Å². The minimum Gasteiger partial charge on any atom is -0.310 e. The summed E-state index contributed by atoms with van der Waals surface area (Å²) >= 11 is 0. The minimum absolute atomic E-state index is 0.269. The van der Waals surface area contributed by atoms with Crippen LogP contribution >= 0.6 is 0 Å². The third-order valence-electron chi connectivity index (χ3n) is 4.32. The Morgan fingerprint density at radius 2 is 2.06 bits per heavy atom. The summed E-state index contributed by atoms with van der Waals surface area (Å²) in [5.41, 5.74) is 0.269. The quantitative estimate of drug-likeness (QED) is 0.752. The third kappa shape index (κ3) is 4.87. The number of nitrogens with zero attached hydrogens (tertiary/aromatic N) is 2. The lowest BCUT2D eigenvalue weighted by Crippen LogP contribution is -2.50. The second kappa shape index (κ2) is 6.88. The van der Waals surface area contributed by atoms with Crippen molar-refractivity contribution in [2.24, 2.45) is 0 Å². The zero-order valence-corrected chi connectivity index (χ0v) is 13.3. The van der Waals surface area contributed by atoms with Crippen LogP contribution in [-0.2, 0) is 0 Å². The van der Waals surface area contributed by atoms with Gasteiger partial charge in [0.25, 0.3) is 0 Å². The molecule has 108 valence electrons. The summed E-state index contributed by atoms with van der Waals surface area (Å²) < 4.78 is 0. The first-order valence-electron chi connectivity index (χ1n) is 7.51. The van der Waals surface area contributed by atoms with Crippen molar-refractivity contribution in [3.8, 4) is 0 Å². The summed E-state index contributed by atoms with van der Waals surface area (Å²) in [7, 11) is 4.36. The Morgan fingerprint density at radius 3 is 2.61 bits per heavy atom. The molecular weight excluding hydrogens is 222 g/mol. The molecule has 1 fully saturated rings. The summed E-state index contributed by atoms with van der Waals surface area (Å²) in [5, 5.41) is 3.70. The topological polar surface area (TPSA) is 18.5 Å². The highest BCUT2D eigenvalue weighted by Crippen LogP contribution is 2.20. The van der Waals surface area contributed by atoms with Crippen LogP contribution in [0.3, 0.4) is 0 Å². The van der Waals surface area contributed by atoms with E-state index in [0.29, 0.717) is 6.04 Å². The van der Waals surface area contributed by atoms with Gasteiger partial charge in [-0.1, -0.05) is 6.92 Å². The predicted molar refractivity (Wildman–Crippen MR) is 80.1 cm³/mol. The molecule has 3 nitrogen and oxygen atoms in total. The monoisotopic (exact) mass is 255 g/mol. The molecule has 0 aliphatic carbocycles. The third-order valence-corrected chi connectivity index (χ3v) is 4.32. The second-order valence-electron chi connectivity index (χ2n) is 6.76. The van der Waals surface area contributed by atoms with Gasteiger partial charge in [-0.05, 0) is 60.7 Å². The molecule has 3 heteroatoms. The molecule has 1 aliphatic rings. The molecular formula is C15H33N3. The largest absolute Gasteiger partial charge is 0.310 e. The van der Waals surface area contributed by atoms with Crippen molar-refractivity contribution in [2.45, 2.75) is 64.6 Å². The lowest BCUT2D eigenvalue weighted by atomic mass is 10.0. The van der Waals surface area contributed by atoms with Crippen LogP contribution in [0.15, 0.2) is 0 Å². The van der Waals surface area contributed by atoms with Crippen molar-refractivity contribution in [1.29, 1.82) is 0 Å². The maximum atomic E-state index is 3.70. The van der Waals surface area contributed by atoms with Gasteiger partial charge in [-0.2, -0.15) is 0 Å². The SMILES string of the molecule is CCC(C)(C)NCC(C)N1CCCC1CN(C)C. The molecule has 0 radical (unpaired) electrons. The van der Waals surface area contributed by atoms with Crippen LogP contribution in [0.4, 0.5) is 0 Å². The fourth-order valence-electron chi connectivity index (χ4n) is 2.72. The standard InChI is InChI=1S/C15H33N3/c1-7-15(3,4)16-11-13(2)18-10-8-9-14(18)12-17(5)6/h13-14,16H,7-12H2,1-6H3. The first kappa shape index (κ1) is 15.9. The summed E-state index contributed by atoms with van der Waals surface area (Å²) in [6.45, 7) is 12.8. The van der Waals surface area contributed by atoms with Gasteiger partial charge in [-0.25, -0.2) is 0 Å². The van der Waals surface area contributed by atoms with E-state index in [-0.39, 0.29) is 5.54 Å². The maximum Gasteiger partial charge on any atom is 0.0226 e. The number of hydrogen-bond donors (Lipinski definition) is 1. The Morgan fingerprint density at radius 1 is 1.39 bits per heavy atom. The first-order valence-corrected chi connectivity index (χ1v) is 7.51. The molecule has 0 spiro atoms. The van der Waals surface area contributed by atoms with Crippen molar-refractivity contribution in [2.75, 3.05) is 33.7 Å². The van der Waals surface area contributed by atoms with Crippen molar-refractivity contribution in [3.05, 3.63) is 0 Å². The Bertz CT molecular complexity index is 238. The lowest BCUT2D eigenvalue weighted by molar-refractivity contribution is 0.152. The first-order chi connectivity index (χ1) is 8.35. The molecule has 0 bridgehead atoms. The molecule has 18 heavy (non-hydrogen) atoms. The number of rotatable bonds is 7. The van der Waals surface area contributed by atoms with Crippen LogP contribution in [0.1, 0.15) is 47.0 Å². The van der Waals surface area contributed by atoms with E-state index in [1.54, 1.807) is 0 Å². The molecule has 1 heterocycles. The Labute approximate surface area is 114 Å². The van der Waals surface area contributed by atoms with Crippen LogP contribution in [0.2, 0.25) is 0 Å². The van der Waals surface area contributed by atoms with E-state index in [2.05, 4.69) is 56.9 Å². The molecule has 0 aromatic heterocycles. The van der Waals surface area contributed by atoms with Gasteiger partial charge in [0.1, 0.15) is 0 Å². The van der Waals surface area contributed by atoms with E-state index < -0.39 is 0 Å². The zero-order valence-electron chi connectivity index (χ0n) is 13.3. The average Bonchev–Trinajstić information content (AvgIpc) is 2.73. The summed E-state index contributed by atoms with van der Waals surface area (Å²) in [6.07, 6.45) is 3.90. The molecule has 0 amide bonds. The number of nitrogens with one attached hydrogen (secondary N) is 1. The average molecular weight is 255 g/mol. The normalized spacial score (nSPS) is 23.8. The van der Waals surface area contributed by atoms with E-state index in [0.717, 1.165) is 12.6 Å². The van der Waals surface area contributed by atoms with Gasteiger partial charge < -0.3 is 10.2 Å². The van der Waals surface area contributed by atoms with Crippen molar-refractivity contribution >= 4 is 0 Å². The number of likely N-dealkylation sites (tertiary alicyclic amines) is 1. The second-order valence-corrected chi connectivity index (χ2v) is 6.76. The van der Waals surface area contributed by atoms with E-state index in [1.165, 1.54) is 32.4 Å². The summed E-state index contributed by atoms with van der Waals surface area (Å²) in [5.74, 6) is 0. The fourth-order valence-corrected chi connectivity index (χ4v) is 2.72. The fraction of sp³-hybridized carbons (Fsp3) is 1.00. The Hall–Kier alpha value is -0.120. The van der Waals surface area contributed by atoms with Gasteiger partial charge in [0.2, 0.25) is 0 Å². The van der Waals surface area contributed by atoms with Crippen LogP contribution < -0.4 is 5.32 Å². The van der Waals surface area contributed by atoms with Gasteiger partial charge in [-0.15, -0.1) is 0 Å². The maximum absolute atomic E-state index is 3.70. The minimum atomic E-state index is 0.269. The predicted octanol–water partition coefficient (Wildman–Crippen LogP) is 2.18. The summed E-state index contributed by atoms with van der Waals surface area (Å²) in [6, 6.07) is 1.39. The zero-order chi connectivity index (χ0) is 13.8. The van der Waals surface area contributed by atoms with Crippen LogP contribution in [0.25, 0.3) is 0 Å². The van der Waals surface area contributed by atoms with Gasteiger partial charge in [-0.3, -0.25) is 4.90 Å². The molecule has 1 rings (SSSR count). The molecule has 2 atom stereocenters. The molecule has 0 aromatic rings. The van der Waals surface area contributed by atoms with Crippen LogP contribution in [0, 0.1) is 0 Å². The number of hydrogen-bond acceptors (Lipinski definition) is 3. The number of likely N-dealkylation sites (N-methyl/N-ethyl adjacent to an activating group) is 1. The molecule has 1 aliphatic heterocycles.